The molecule has 0 radical (unpaired) electrons. The molecule has 0 atom stereocenters. The van der Waals surface area contributed by atoms with Crippen molar-refractivity contribution in [2.75, 3.05) is 6.54 Å². The average Bonchev–Trinajstić information content (AvgIpc) is 2.99. The zero-order chi connectivity index (χ0) is 17.5. The number of nitrogens with one attached hydrogen (secondary N) is 2. The molecule has 1 heterocycles. The lowest BCUT2D eigenvalue weighted by atomic mass is 10.2. The molecule has 2 aromatic rings. The summed E-state index contributed by atoms with van der Waals surface area (Å²) in [5.74, 6) is -0.250. The van der Waals surface area contributed by atoms with Crippen LogP contribution in [0.3, 0.4) is 0 Å². The van der Waals surface area contributed by atoms with Crippen LogP contribution in [-0.2, 0) is 16.0 Å². The van der Waals surface area contributed by atoms with Gasteiger partial charge in [-0.3, -0.25) is 9.59 Å². The highest BCUT2D eigenvalue weighted by atomic mass is 19.1. The number of amides is 2. The highest BCUT2D eigenvalue weighted by Crippen LogP contribution is 2.23. The molecule has 0 spiro atoms. The first kappa shape index (κ1) is 17.7. The van der Waals surface area contributed by atoms with Gasteiger partial charge < -0.3 is 15.1 Å². The van der Waals surface area contributed by atoms with Gasteiger partial charge in [-0.05, 0) is 26.0 Å². The van der Waals surface area contributed by atoms with Gasteiger partial charge in [0.25, 0.3) is 0 Å². The Hall–Kier alpha value is -2.70. The summed E-state index contributed by atoms with van der Waals surface area (Å²) in [6.45, 7) is 3.62. The molecular formula is C17H20FN3O3. The van der Waals surface area contributed by atoms with Gasteiger partial charge in [0.05, 0.1) is 18.3 Å². The predicted octanol–water partition coefficient (Wildman–Crippen LogP) is 2.05. The Kier molecular flexibility index (Phi) is 6.06. The molecule has 0 saturated heterocycles. The summed E-state index contributed by atoms with van der Waals surface area (Å²) < 4.78 is 19.1. The van der Waals surface area contributed by atoms with Gasteiger partial charge in [-0.15, -0.1) is 0 Å². The molecule has 7 heteroatoms. The minimum atomic E-state index is -0.394. The zero-order valence-corrected chi connectivity index (χ0v) is 13.6. The molecular weight excluding hydrogens is 313 g/mol. The quantitative estimate of drug-likeness (QED) is 0.812. The Morgan fingerprint density at radius 1 is 1.25 bits per heavy atom. The molecule has 1 aromatic carbocycles. The van der Waals surface area contributed by atoms with Crippen molar-refractivity contribution >= 4 is 11.8 Å². The second kappa shape index (κ2) is 8.24. The van der Waals surface area contributed by atoms with Crippen LogP contribution >= 0.6 is 0 Å². The lowest BCUT2D eigenvalue weighted by molar-refractivity contribution is -0.126. The van der Waals surface area contributed by atoms with Crippen LogP contribution in [0, 0.1) is 5.82 Å². The number of nitrogens with zero attached hydrogens (tertiary/aromatic N) is 1. The zero-order valence-electron chi connectivity index (χ0n) is 13.6. The van der Waals surface area contributed by atoms with Crippen LogP contribution in [0.5, 0.6) is 0 Å². The minimum Gasteiger partial charge on any atom is -0.441 e. The highest BCUT2D eigenvalue weighted by molar-refractivity contribution is 5.84. The van der Waals surface area contributed by atoms with E-state index in [-0.39, 0.29) is 37.2 Å². The van der Waals surface area contributed by atoms with Crippen molar-refractivity contribution in [3.05, 3.63) is 42.2 Å². The van der Waals surface area contributed by atoms with Crippen molar-refractivity contribution in [1.82, 2.24) is 15.6 Å². The maximum Gasteiger partial charge on any atom is 0.239 e. The van der Waals surface area contributed by atoms with E-state index in [1.54, 1.807) is 18.2 Å². The Balaban J connectivity index is 1.82. The van der Waals surface area contributed by atoms with E-state index in [4.69, 9.17) is 4.42 Å². The molecule has 2 amide bonds. The molecule has 6 nitrogen and oxygen atoms in total. The lowest BCUT2D eigenvalue weighted by Gasteiger charge is -2.08. The third kappa shape index (κ3) is 5.19. The molecule has 0 aliphatic heterocycles. The van der Waals surface area contributed by atoms with E-state index in [0.29, 0.717) is 17.2 Å². The van der Waals surface area contributed by atoms with E-state index in [2.05, 4.69) is 15.6 Å². The molecule has 24 heavy (non-hydrogen) atoms. The summed E-state index contributed by atoms with van der Waals surface area (Å²) in [4.78, 5) is 27.2. The summed E-state index contributed by atoms with van der Waals surface area (Å²) >= 11 is 0. The van der Waals surface area contributed by atoms with Crippen LogP contribution in [0.2, 0.25) is 0 Å². The fraction of sp³-hybridized carbons (Fsp3) is 0.353. The summed E-state index contributed by atoms with van der Waals surface area (Å²) in [6.07, 6.45) is 1.83. The van der Waals surface area contributed by atoms with Crippen molar-refractivity contribution in [2.45, 2.75) is 32.7 Å². The molecule has 0 bridgehead atoms. The SMILES string of the molecule is CC(C)NC(=O)CNC(=O)CCc1ncc(-c2ccccc2F)o1. The van der Waals surface area contributed by atoms with Crippen LogP contribution < -0.4 is 10.6 Å². The van der Waals surface area contributed by atoms with E-state index < -0.39 is 5.82 Å². The smallest absolute Gasteiger partial charge is 0.239 e. The van der Waals surface area contributed by atoms with E-state index in [1.165, 1.54) is 12.3 Å². The van der Waals surface area contributed by atoms with E-state index >= 15 is 0 Å². The standard InChI is InChI=1S/C17H20FN3O3/c1-11(2)21-16(23)10-19-15(22)7-8-17-20-9-14(24-17)12-5-3-4-6-13(12)18/h3-6,9,11H,7-8,10H2,1-2H3,(H,19,22)(H,21,23). The van der Waals surface area contributed by atoms with Crippen LogP contribution in [-0.4, -0.2) is 29.4 Å². The highest BCUT2D eigenvalue weighted by Gasteiger charge is 2.12. The Bertz CT molecular complexity index is 713. The van der Waals surface area contributed by atoms with Crippen molar-refractivity contribution in [1.29, 1.82) is 0 Å². The van der Waals surface area contributed by atoms with Gasteiger partial charge >= 0.3 is 0 Å². The lowest BCUT2D eigenvalue weighted by Crippen LogP contribution is -2.39. The summed E-state index contributed by atoms with van der Waals surface area (Å²) in [5, 5.41) is 5.20. The number of hydrogen-bond acceptors (Lipinski definition) is 4. The summed E-state index contributed by atoms with van der Waals surface area (Å²) in [6, 6.07) is 6.26. The van der Waals surface area contributed by atoms with Gasteiger partial charge in [-0.25, -0.2) is 9.37 Å². The first-order valence-corrected chi connectivity index (χ1v) is 7.71. The molecule has 2 rings (SSSR count). The van der Waals surface area contributed by atoms with Crippen molar-refractivity contribution < 1.29 is 18.4 Å². The van der Waals surface area contributed by atoms with Gasteiger partial charge in [0.2, 0.25) is 11.8 Å². The maximum atomic E-state index is 13.7. The number of carbonyl (C=O) groups excluding carboxylic acids is 2. The van der Waals surface area contributed by atoms with Crippen molar-refractivity contribution in [2.24, 2.45) is 0 Å². The Morgan fingerprint density at radius 2 is 2.00 bits per heavy atom. The van der Waals surface area contributed by atoms with E-state index in [0.717, 1.165) is 0 Å². The number of aryl methyl sites for hydroxylation is 1. The van der Waals surface area contributed by atoms with E-state index in [1.807, 2.05) is 13.8 Å². The van der Waals surface area contributed by atoms with Crippen LogP contribution in [0.25, 0.3) is 11.3 Å². The maximum absolute atomic E-state index is 13.7. The Morgan fingerprint density at radius 3 is 2.71 bits per heavy atom. The predicted molar refractivity (Wildman–Crippen MR) is 86.5 cm³/mol. The van der Waals surface area contributed by atoms with Crippen molar-refractivity contribution in [3.8, 4) is 11.3 Å². The molecule has 0 saturated carbocycles. The first-order chi connectivity index (χ1) is 11.5. The van der Waals surface area contributed by atoms with Crippen LogP contribution in [0.4, 0.5) is 4.39 Å². The molecule has 2 N–H and O–H groups in total. The molecule has 1 aromatic heterocycles. The molecule has 0 aliphatic rings. The van der Waals surface area contributed by atoms with E-state index in [9.17, 15) is 14.0 Å². The number of rotatable bonds is 7. The topological polar surface area (TPSA) is 84.2 Å². The number of aromatic nitrogens is 1. The Labute approximate surface area is 139 Å². The molecule has 0 fully saturated rings. The van der Waals surface area contributed by atoms with Gasteiger partial charge in [-0.2, -0.15) is 0 Å². The number of hydrogen-bond donors (Lipinski definition) is 2. The normalized spacial score (nSPS) is 10.7. The largest absolute Gasteiger partial charge is 0.441 e. The second-order valence-corrected chi connectivity index (χ2v) is 5.60. The average molecular weight is 333 g/mol. The third-order valence-electron chi connectivity index (χ3n) is 3.15. The second-order valence-electron chi connectivity index (χ2n) is 5.60. The van der Waals surface area contributed by atoms with Gasteiger partial charge in [0.15, 0.2) is 11.7 Å². The first-order valence-electron chi connectivity index (χ1n) is 7.71. The number of benzene rings is 1. The fourth-order valence-corrected chi connectivity index (χ4v) is 2.07. The number of carbonyl (C=O) groups is 2. The van der Waals surface area contributed by atoms with Crippen LogP contribution in [0.1, 0.15) is 26.2 Å². The van der Waals surface area contributed by atoms with Crippen LogP contribution in [0.15, 0.2) is 34.9 Å². The summed E-state index contributed by atoms with van der Waals surface area (Å²) in [5.41, 5.74) is 0.325. The van der Waals surface area contributed by atoms with Gasteiger partial charge in [0, 0.05) is 18.9 Å². The molecule has 128 valence electrons. The van der Waals surface area contributed by atoms with Gasteiger partial charge in [0.1, 0.15) is 5.82 Å². The minimum absolute atomic E-state index is 0.0264. The monoisotopic (exact) mass is 333 g/mol. The molecule has 0 unspecified atom stereocenters. The number of oxazole rings is 1. The number of halogens is 1. The molecule has 0 aliphatic carbocycles. The van der Waals surface area contributed by atoms with Gasteiger partial charge in [-0.1, -0.05) is 12.1 Å². The third-order valence-corrected chi connectivity index (χ3v) is 3.15. The fourth-order valence-electron chi connectivity index (χ4n) is 2.07. The van der Waals surface area contributed by atoms with Crippen molar-refractivity contribution in [3.63, 3.8) is 0 Å². The summed E-state index contributed by atoms with van der Waals surface area (Å²) in [7, 11) is 0.